The molecule has 6 heteroatoms. The average molecular weight is 417 g/mol. The van der Waals surface area contributed by atoms with Gasteiger partial charge >= 0.3 is 0 Å². The summed E-state index contributed by atoms with van der Waals surface area (Å²) in [6, 6.07) is 17.3. The Balaban J connectivity index is 1.67. The molecule has 160 valence electrons. The molecule has 2 heterocycles. The number of methoxy groups -OCH3 is 1. The van der Waals surface area contributed by atoms with E-state index in [1.165, 1.54) is 0 Å². The quantitative estimate of drug-likeness (QED) is 0.603. The highest BCUT2D eigenvalue weighted by Crippen LogP contribution is 2.30. The first-order valence-corrected chi connectivity index (χ1v) is 10.7. The van der Waals surface area contributed by atoms with Crippen molar-refractivity contribution >= 4 is 11.7 Å². The Morgan fingerprint density at radius 2 is 1.84 bits per heavy atom. The van der Waals surface area contributed by atoms with E-state index in [1.54, 1.807) is 7.11 Å². The van der Waals surface area contributed by atoms with Crippen molar-refractivity contribution in [1.29, 1.82) is 0 Å². The summed E-state index contributed by atoms with van der Waals surface area (Å²) in [5.74, 6) is 2.42. The monoisotopic (exact) mass is 416 g/mol. The second-order valence-electron chi connectivity index (χ2n) is 7.79. The number of benzene rings is 2. The zero-order valence-electron chi connectivity index (χ0n) is 18.3. The zero-order valence-corrected chi connectivity index (χ0v) is 18.3. The minimum atomic E-state index is 0.0181. The van der Waals surface area contributed by atoms with Gasteiger partial charge < -0.3 is 14.5 Å². The van der Waals surface area contributed by atoms with E-state index in [2.05, 4.69) is 18.9 Å². The smallest absolute Gasteiger partial charge is 0.254 e. The average Bonchev–Trinajstić information content (AvgIpc) is 2.83. The number of fused-ring (bicyclic) bond motifs is 1. The number of hydrogen-bond acceptors (Lipinski definition) is 5. The van der Waals surface area contributed by atoms with Crippen LogP contribution < -0.4 is 9.64 Å². The molecule has 1 aliphatic rings. The van der Waals surface area contributed by atoms with Gasteiger partial charge in [0.15, 0.2) is 5.82 Å². The molecule has 2 aromatic carbocycles. The lowest BCUT2D eigenvalue weighted by molar-refractivity contribution is 0.0733. The summed E-state index contributed by atoms with van der Waals surface area (Å²) in [7, 11) is 3.68. The van der Waals surface area contributed by atoms with Crippen LogP contribution in [0.15, 0.2) is 54.6 Å². The van der Waals surface area contributed by atoms with E-state index in [1.807, 2.05) is 59.5 Å². The number of nitrogens with zero attached hydrogens (tertiary/aromatic N) is 4. The molecule has 0 N–H and O–H groups in total. The Hall–Kier alpha value is -3.41. The fourth-order valence-electron chi connectivity index (χ4n) is 3.96. The number of hydrogen-bond donors (Lipinski definition) is 0. The van der Waals surface area contributed by atoms with Crippen LogP contribution in [0.2, 0.25) is 0 Å². The Labute approximate surface area is 183 Å². The first kappa shape index (κ1) is 20.8. The zero-order chi connectivity index (χ0) is 21.8. The lowest BCUT2D eigenvalue weighted by atomic mass is 10.0. The molecule has 0 unspecified atom stereocenters. The molecule has 3 aromatic rings. The van der Waals surface area contributed by atoms with Crippen LogP contribution in [-0.2, 0) is 13.0 Å². The second-order valence-corrected chi connectivity index (χ2v) is 7.79. The third-order valence-corrected chi connectivity index (χ3v) is 5.62. The van der Waals surface area contributed by atoms with Crippen molar-refractivity contribution in [2.75, 3.05) is 32.1 Å². The standard InChI is InChI=1S/C25H28N4O2/c1-4-15-28(2)24-21-17-29(25(30)19-10-12-20(31-3)13-11-19)16-14-22(21)26-23(27-24)18-8-6-5-7-9-18/h5-13H,4,14-17H2,1-3H3. The van der Waals surface area contributed by atoms with Crippen molar-refractivity contribution < 1.29 is 9.53 Å². The van der Waals surface area contributed by atoms with E-state index in [0.29, 0.717) is 25.1 Å². The minimum absolute atomic E-state index is 0.0181. The SMILES string of the molecule is CCCN(C)c1nc(-c2ccccc2)nc2c1CN(C(=O)c1ccc(OC)cc1)CC2. The molecular weight excluding hydrogens is 388 g/mol. The van der Waals surface area contributed by atoms with Crippen molar-refractivity contribution in [1.82, 2.24) is 14.9 Å². The summed E-state index contributed by atoms with van der Waals surface area (Å²) in [4.78, 5) is 27.0. The molecule has 0 fully saturated rings. The van der Waals surface area contributed by atoms with Crippen molar-refractivity contribution in [3.05, 3.63) is 71.4 Å². The van der Waals surface area contributed by atoms with Crippen LogP contribution in [0.4, 0.5) is 5.82 Å². The Bertz CT molecular complexity index is 1050. The lowest BCUT2D eigenvalue weighted by Gasteiger charge is -2.32. The minimum Gasteiger partial charge on any atom is -0.497 e. The predicted octanol–water partition coefficient (Wildman–Crippen LogP) is 4.20. The molecule has 6 nitrogen and oxygen atoms in total. The van der Waals surface area contributed by atoms with Crippen molar-refractivity contribution in [2.24, 2.45) is 0 Å². The van der Waals surface area contributed by atoms with Crippen LogP contribution >= 0.6 is 0 Å². The van der Waals surface area contributed by atoms with Gasteiger partial charge in [0.05, 0.1) is 19.3 Å². The molecule has 0 bridgehead atoms. The molecule has 0 aliphatic carbocycles. The van der Waals surface area contributed by atoms with E-state index in [9.17, 15) is 4.79 Å². The van der Waals surface area contributed by atoms with Gasteiger partial charge in [-0.3, -0.25) is 4.79 Å². The number of ether oxygens (including phenoxy) is 1. The molecule has 0 spiro atoms. The van der Waals surface area contributed by atoms with Gasteiger partial charge in [0.1, 0.15) is 11.6 Å². The third-order valence-electron chi connectivity index (χ3n) is 5.62. The molecule has 31 heavy (non-hydrogen) atoms. The van der Waals surface area contributed by atoms with E-state index in [0.717, 1.165) is 47.2 Å². The maximum atomic E-state index is 13.1. The molecular formula is C25H28N4O2. The summed E-state index contributed by atoms with van der Waals surface area (Å²) in [6.07, 6.45) is 1.73. The Morgan fingerprint density at radius 1 is 1.10 bits per heavy atom. The fourth-order valence-corrected chi connectivity index (χ4v) is 3.96. The van der Waals surface area contributed by atoms with E-state index >= 15 is 0 Å². The van der Waals surface area contributed by atoms with Crippen LogP contribution in [0.1, 0.15) is 35.0 Å². The predicted molar refractivity (Wildman–Crippen MR) is 122 cm³/mol. The van der Waals surface area contributed by atoms with Gasteiger partial charge in [-0.05, 0) is 30.7 Å². The molecule has 0 radical (unpaired) electrons. The van der Waals surface area contributed by atoms with Crippen LogP contribution in [0, 0.1) is 0 Å². The Morgan fingerprint density at radius 3 is 2.52 bits per heavy atom. The molecule has 1 aromatic heterocycles. The topological polar surface area (TPSA) is 58.6 Å². The molecule has 0 atom stereocenters. The van der Waals surface area contributed by atoms with Crippen molar-refractivity contribution in [3.8, 4) is 17.1 Å². The van der Waals surface area contributed by atoms with Gasteiger partial charge in [0.25, 0.3) is 5.91 Å². The van der Waals surface area contributed by atoms with Crippen LogP contribution in [0.5, 0.6) is 5.75 Å². The number of rotatable bonds is 6. The second kappa shape index (κ2) is 9.16. The summed E-state index contributed by atoms with van der Waals surface area (Å²) < 4.78 is 5.21. The summed E-state index contributed by atoms with van der Waals surface area (Å²) in [6.45, 7) is 4.20. The number of anilines is 1. The number of aromatic nitrogens is 2. The van der Waals surface area contributed by atoms with Crippen LogP contribution in [0.25, 0.3) is 11.4 Å². The number of carbonyl (C=O) groups is 1. The van der Waals surface area contributed by atoms with Crippen LogP contribution in [0.3, 0.4) is 0 Å². The summed E-state index contributed by atoms with van der Waals surface area (Å²) in [5.41, 5.74) is 3.75. The van der Waals surface area contributed by atoms with E-state index in [4.69, 9.17) is 14.7 Å². The maximum Gasteiger partial charge on any atom is 0.254 e. The molecule has 0 saturated heterocycles. The van der Waals surface area contributed by atoms with Gasteiger partial charge in [0, 0.05) is 43.2 Å². The normalized spacial score (nSPS) is 12.9. The van der Waals surface area contributed by atoms with Gasteiger partial charge in [0.2, 0.25) is 0 Å². The third kappa shape index (κ3) is 4.38. The highest BCUT2D eigenvalue weighted by molar-refractivity contribution is 5.94. The molecule has 4 rings (SSSR count). The summed E-state index contributed by atoms with van der Waals surface area (Å²) >= 11 is 0. The van der Waals surface area contributed by atoms with E-state index < -0.39 is 0 Å². The van der Waals surface area contributed by atoms with Gasteiger partial charge in [-0.2, -0.15) is 0 Å². The number of amides is 1. The highest BCUT2D eigenvalue weighted by Gasteiger charge is 2.27. The highest BCUT2D eigenvalue weighted by atomic mass is 16.5. The molecule has 0 saturated carbocycles. The van der Waals surface area contributed by atoms with Crippen molar-refractivity contribution in [2.45, 2.75) is 26.3 Å². The van der Waals surface area contributed by atoms with E-state index in [-0.39, 0.29) is 5.91 Å². The van der Waals surface area contributed by atoms with Gasteiger partial charge in [-0.15, -0.1) is 0 Å². The molecule has 1 amide bonds. The van der Waals surface area contributed by atoms with Gasteiger partial charge in [-0.25, -0.2) is 9.97 Å². The first-order chi connectivity index (χ1) is 15.1. The molecule has 1 aliphatic heterocycles. The lowest BCUT2D eigenvalue weighted by Crippen LogP contribution is -2.38. The fraction of sp³-hybridized carbons (Fsp3) is 0.320. The summed E-state index contributed by atoms with van der Waals surface area (Å²) in [5, 5.41) is 0. The van der Waals surface area contributed by atoms with Crippen LogP contribution in [-0.4, -0.2) is 48.0 Å². The van der Waals surface area contributed by atoms with Crippen molar-refractivity contribution in [3.63, 3.8) is 0 Å². The number of carbonyl (C=O) groups excluding carboxylic acids is 1. The largest absolute Gasteiger partial charge is 0.497 e. The maximum absolute atomic E-state index is 13.1. The van der Waals surface area contributed by atoms with Gasteiger partial charge in [-0.1, -0.05) is 37.3 Å². The first-order valence-electron chi connectivity index (χ1n) is 10.7. The Kier molecular flexibility index (Phi) is 6.16.